The second-order valence-electron chi connectivity index (χ2n) is 5.25. The van der Waals surface area contributed by atoms with Gasteiger partial charge in [-0.25, -0.2) is 9.48 Å². The minimum atomic E-state index is -1.01. The largest absolute Gasteiger partial charge is 0.476 e. The molecule has 0 atom stereocenters. The molecule has 0 aliphatic carbocycles. The minimum absolute atomic E-state index is 0.0709. The first kappa shape index (κ1) is 14.2. The monoisotopic (exact) mass is 273 g/mol. The van der Waals surface area contributed by atoms with Gasteiger partial charge in [-0.2, -0.15) is 0 Å². The summed E-state index contributed by atoms with van der Waals surface area (Å²) in [4.78, 5) is 11.2. The lowest BCUT2D eigenvalue weighted by Crippen LogP contribution is -2.12. The number of aryl methyl sites for hydroxylation is 1. The third-order valence-corrected chi connectivity index (χ3v) is 3.07. The second kappa shape index (κ2) is 6.32. The molecule has 1 heterocycles. The second-order valence-corrected chi connectivity index (χ2v) is 5.25. The maximum Gasteiger partial charge on any atom is 0.358 e. The van der Waals surface area contributed by atoms with E-state index < -0.39 is 5.97 Å². The molecule has 0 amide bonds. The Bertz CT molecular complexity index is 576. The molecule has 0 aliphatic rings. The van der Waals surface area contributed by atoms with Crippen molar-refractivity contribution >= 4 is 5.97 Å². The van der Waals surface area contributed by atoms with Crippen molar-refractivity contribution in [3.8, 4) is 0 Å². The zero-order chi connectivity index (χ0) is 14.5. The maximum atomic E-state index is 11.2. The molecule has 0 spiro atoms. The summed E-state index contributed by atoms with van der Waals surface area (Å²) in [5, 5.41) is 17.0. The molecule has 0 radical (unpaired) electrons. The average Bonchev–Trinajstić information content (AvgIpc) is 2.80. The Morgan fingerprint density at radius 2 is 1.95 bits per heavy atom. The van der Waals surface area contributed by atoms with Gasteiger partial charge in [-0.3, -0.25) is 0 Å². The van der Waals surface area contributed by atoms with Crippen LogP contribution >= 0.6 is 0 Å². The van der Waals surface area contributed by atoms with Crippen LogP contribution in [0.2, 0.25) is 0 Å². The number of hydrogen-bond acceptors (Lipinski definition) is 3. The Balaban J connectivity index is 2.19. The van der Waals surface area contributed by atoms with Crippen LogP contribution in [0, 0.1) is 5.92 Å². The van der Waals surface area contributed by atoms with Crippen LogP contribution in [0.4, 0.5) is 0 Å². The van der Waals surface area contributed by atoms with Crippen LogP contribution in [0.3, 0.4) is 0 Å². The van der Waals surface area contributed by atoms with E-state index in [1.165, 1.54) is 5.56 Å². The van der Waals surface area contributed by atoms with E-state index in [1.807, 2.05) is 30.3 Å². The van der Waals surface area contributed by atoms with Crippen molar-refractivity contribution in [2.24, 2.45) is 5.92 Å². The summed E-state index contributed by atoms with van der Waals surface area (Å²) in [6.07, 6.45) is 1.41. The number of rotatable bonds is 6. The van der Waals surface area contributed by atoms with Crippen LogP contribution in [0.1, 0.15) is 35.6 Å². The highest BCUT2D eigenvalue weighted by Gasteiger charge is 2.19. The molecule has 1 N–H and O–H groups in total. The lowest BCUT2D eigenvalue weighted by Gasteiger charge is -2.09. The Morgan fingerprint density at radius 3 is 2.55 bits per heavy atom. The smallest absolute Gasteiger partial charge is 0.358 e. The molecule has 20 heavy (non-hydrogen) atoms. The third kappa shape index (κ3) is 3.44. The zero-order valence-corrected chi connectivity index (χ0v) is 11.8. The first-order valence-corrected chi connectivity index (χ1v) is 6.77. The summed E-state index contributed by atoms with van der Waals surface area (Å²) in [6, 6.07) is 10.0. The quantitative estimate of drug-likeness (QED) is 0.877. The molecule has 0 bridgehead atoms. The summed E-state index contributed by atoms with van der Waals surface area (Å²) in [5.41, 5.74) is 1.96. The van der Waals surface area contributed by atoms with E-state index in [0.717, 1.165) is 6.42 Å². The molecule has 0 saturated heterocycles. The Morgan fingerprint density at radius 1 is 1.25 bits per heavy atom. The molecule has 0 aliphatic heterocycles. The third-order valence-electron chi connectivity index (χ3n) is 3.07. The molecule has 0 fully saturated rings. The van der Waals surface area contributed by atoms with Crippen molar-refractivity contribution in [3.05, 3.63) is 47.3 Å². The van der Waals surface area contributed by atoms with E-state index in [0.29, 0.717) is 24.6 Å². The van der Waals surface area contributed by atoms with Gasteiger partial charge in [-0.15, -0.1) is 5.10 Å². The van der Waals surface area contributed by atoms with Crippen molar-refractivity contribution in [2.45, 2.75) is 33.2 Å². The molecule has 1 aromatic carbocycles. The first-order chi connectivity index (χ1) is 9.58. The van der Waals surface area contributed by atoms with Gasteiger partial charge in [-0.1, -0.05) is 49.4 Å². The van der Waals surface area contributed by atoms with Crippen molar-refractivity contribution < 1.29 is 9.90 Å². The standard InChI is InChI=1S/C15H19N3O2/c1-11(2)10-18-13(14(15(19)20)16-17-18)9-8-12-6-4-3-5-7-12/h3-7,11H,8-10H2,1-2H3,(H,19,20). The van der Waals surface area contributed by atoms with Crippen LogP contribution in [0.25, 0.3) is 0 Å². The number of hydrogen-bond donors (Lipinski definition) is 1. The molecular weight excluding hydrogens is 254 g/mol. The van der Waals surface area contributed by atoms with E-state index in [1.54, 1.807) is 4.68 Å². The van der Waals surface area contributed by atoms with Crippen molar-refractivity contribution in [2.75, 3.05) is 0 Å². The Kier molecular flexibility index (Phi) is 4.50. The van der Waals surface area contributed by atoms with Gasteiger partial charge in [0.15, 0.2) is 5.69 Å². The first-order valence-electron chi connectivity index (χ1n) is 6.77. The van der Waals surface area contributed by atoms with Crippen LogP contribution in [-0.4, -0.2) is 26.1 Å². The van der Waals surface area contributed by atoms with Crippen LogP contribution in [0.5, 0.6) is 0 Å². The molecule has 1 aromatic heterocycles. The summed E-state index contributed by atoms with van der Waals surface area (Å²) in [6.45, 7) is 4.83. The predicted molar refractivity (Wildman–Crippen MR) is 75.7 cm³/mol. The number of aromatic carboxylic acids is 1. The molecule has 5 nitrogen and oxygen atoms in total. The lowest BCUT2D eigenvalue weighted by molar-refractivity contribution is 0.0689. The van der Waals surface area contributed by atoms with E-state index in [4.69, 9.17) is 0 Å². The molecule has 2 aromatic rings. The van der Waals surface area contributed by atoms with E-state index in [9.17, 15) is 9.90 Å². The SMILES string of the molecule is CC(C)Cn1nnc(C(=O)O)c1CCc1ccccc1. The fraction of sp³-hybridized carbons (Fsp3) is 0.400. The van der Waals surface area contributed by atoms with Gasteiger partial charge in [0, 0.05) is 6.54 Å². The van der Waals surface area contributed by atoms with E-state index in [-0.39, 0.29) is 5.69 Å². The average molecular weight is 273 g/mol. The normalized spacial score (nSPS) is 10.9. The fourth-order valence-electron chi connectivity index (χ4n) is 2.15. The topological polar surface area (TPSA) is 68.0 Å². The fourth-order valence-corrected chi connectivity index (χ4v) is 2.15. The lowest BCUT2D eigenvalue weighted by atomic mass is 10.1. The van der Waals surface area contributed by atoms with Crippen LogP contribution < -0.4 is 0 Å². The van der Waals surface area contributed by atoms with Gasteiger partial charge < -0.3 is 5.11 Å². The zero-order valence-electron chi connectivity index (χ0n) is 11.8. The van der Waals surface area contributed by atoms with E-state index in [2.05, 4.69) is 24.2 Å². The van der Waals surface area contributed by atoms with Crippen molar-refractivity contribution in [1.29, 1.82) is 0 Å². The highest BCUT2D eigenvalue weighted by atomic mass is 16.4. The highest BCUT2D eigenvalue weighted by Crippen LogP contribution is 2.12. The van der Waals surface area contributed by atoms with Gasteiger partial charge in [0.05, 0.1) is 5.69 Å². The number of nitrogens with zero attached hydrogens (tertiary/aromatic N) is 3. The van der Waals surface area contributed by atoms with Gasteiger partial charge in [-0.05, 0) is 24.3 Å². The van der Waals surface area contributed by atoms with Crippen molar-refractivity contribution in [1.82, 2.24) is 15.0 Å². The van der Waals surface area contributed by atoms with Crippen LogP contribution in [0.15, 0.2) is 30.3 Å². The maximum absolute atomic E-state index is 11.2. The molecule has 0 unspecified atom stereocenters. The van der Waals surface area contributed by atoms with E-state index >= 15 is 0 Å². The highest BCUT2D eigenvalue weighted by molar-refractivity contribution is 5.86. The molecule has 2 rings (SSSR count). The molecule has 106 valence electrons. The summed E-state index contributed by atoms with van der Waals surface area (Å²) >= 11 is 0. The Labute approximate surface area is 118 Å². The van der Waals surface area contributed by atoms with Gasteiger partial charge in [0.2, 0.25) is 0 Å². The Hall–Kier alpha value is -2.17. The van der Waals surface area contributed by atoms with Gasteiger partial charge in [0.25, 0.3) is 0 Å². The summed E-state index contributed by atoms with van der Waals surface area (Å²) < 4.78 is 1.72. The van der Waals surface area contributed by atoms with Gasteiger partial charge >= 0.3 is 5.97 Å². The number of aromatic nitrogens is 3. The summed E-state index contributed by atoms with van der Waals surface area (Å²) in [5.74, 6) is -0.614. The number of benzene rings is 1. The van der Waals surface area contributed by atoms with Crippen LogP contribution in [-0.2, 0) is 19.4 Å². The molecule has 5 heteroatoms. The number of carboxylic acid groups (broad SMARTS) is 1. The molecule has 0 saturated carbocycles. The van der Waals surface area contributed by atoms with Gasteiger partial charge in [0.1, 0.15) is 0 Å². The minimum Gasteiger partial charge on any atom is -0.476 e. The summed E-state index contributed by atoms with van der Waals surface area (Å²) in [7, 11) is 0. The van der Waals surface area contributed by atoms with Crippen molar-refractivity contribution in [3.63, 3.8) is 0 Å². The number of carbonyl (C=O) groups is 1. The number of carboxylic acids is 1. The molecular formula is C15H19N3O2. The predicted octanol–water partition coefficient (Wildman–Crippen LogP) is 2.42.